The van der Waals surface area contributed by atoms with Gasteiger partial charge < -0.3 is 5.32 Å². The van der Waals surface area contributed by atoms with E-state index in [1.807, 2.05) is 0 Å². The van der Waals surface area contributed by atoms with Gasteiger partial charge in [0.25, 0.3) is 0 Å². The first-order valence-corrected chi connectivity index (χ1v) is 6.11. The third-order valence-electron chi connectivity index (χ3n) is 3.03. The molecule has 0 aromatic rings. The van der Waals surface area contributed by atoms with Crippen molar-refractivity contribution in [1.82, 2.24) is 5.32 Å². The molecule has 0 aromatic carbocycles. The fraction of sp³-hybridized carbons (Fsp3) is 1.00. The molecule has 1 atom stereocenters. The van der Waals surface area contributed by atoms with E-state index in [1.54, 1.807) is 0 Å². The number of unbranched alkanes of at least 4 members (excludes halogenated alkanes) is 3. The first-order chi connectivity index (χ1) is 6.38. The highest BCUT2D eigenvalue weighted by Gasteiger charge is 2.29. The van der Waals surface area contributed by atoms with E-state index in [2.05, 4.69) is 19.2 Å². The topological polar surface area (TPSA) is 12.0 Å². The summed E-state index contributed by atoms with van der Waals surface area (Å²) in [6.45, 7) is 5.65. The van der Waals surface area contributed by atoms with Crippen molar-refractivity contribution in [3.8, 4) is 0 Å². The van der Waals surface area contributed by atoms with E-state index in [0.717, 1.165) is 18.5 Å². The molecule has 0 aliphatic heterocycles. The minimum atomic E-state index is 0.849. The molecule has 1 rings (SSSR count). The van der Waals surface area contributed by atoms with Crippen LogP contribution in [-0.4, -0.2) is 12.6 Å². The summed E-state index contributed by atoms with van der Waals surface area (Å²) in [5.74, 6) is 1.03. The molecule has 1 fully saturated rings. The highest BCUT2D eigenvalue weighted by Crippen LogP contribution is 2.34. The van der Waals surface area contributed by atoms with Crippen molar-refractivity contribution in [1.29, 1.82) is 0 Å². The molecule has 0 amide bonds. The second kappa shape index (κ2) is 6.42. The number of rotatable bonds is 8. The fourth-order valence-corrected chi connectivity index (χ4v) is 2.06. The van der Waals surface area contributed by atoms with Gasteiger partial charge in [-0.2, -0.15) is 0 Å². The highest BCUT2D eigenvalue weighted by molar-refractivity contribution is 4.85. The van der Waals surface area contributed by atoms with Crippen LogP contribution < -0.4 is 5.32 Å². The van der Waals surface area contributed by atoms with E-state index in [-0.39, 0.29) is 0 Å². The lowest BCUT2D eigenvalue weighted by atomic mass is 10.0. The van der Waals surface area contributed by atoms with Crippen LogP contribution in [0.2, 0.25) is 0 Å². The molecule has 13 heavy (non-hydrogen) atoms. The van der Waals surface area contributed by atoms with Crippen molar-refractivity contribution in [2.24, 2.45) is 5.92 Å². The Kier molecular flexibility index (Phi) is 5.45. The van der Waals surface area contributed by atoms with Crippen LogP contribution >= 0.6 is 0 Å². The van der Waals surface area contributed by atoms with Crippen molar-refractivity contribution in [3.05, 3.63) is 0 Å². The van der Waals surface area contributed by atoms with Crippen LogP contribution in [0, 0.1) is 5.92 Å². The van der Waals surface area contributed by atoms with Gasteiger partial charge in [0, 0.05) is 6.04 Å². The van der Waals surface area contributed by atoms with Gasteiger partial charge in [0.2, 0.25) is 0 Å². The minimum absolute atomic E-state index is 0.849. The molecule has 1 unspecified atom stereocenters. The number of hydrogen-bond donors (Lipinski definition) is 1. The van der Waals surface area contributed by atoms with E-state index in [4.69, 9.17) is 0 Å². The van der Waals surface area contributed by atoms with E-state index < -0.39 is 0 Å². The van der Waals surface area contributed by atoms with Crippen molar-refractivity contribution in [3.63, 3.8) is 0 Å². The number of hydrogen-bond acceptors (Lipinski definition) is 1. The quantitative estimate of drug-likeness (QED) is 0.569. The molecule has 0 saturated heterocycles. The van der Waals surface area contributed by atoms with Crippen LogP contribution in [0.5, 0.6) is 0 Å². The largest absolute Gasteiger partial charge is 0.314 e. The molecule has 0 heterocycles. The van der Waals surface area contributed by atoms with Gasteiger partial charge in [0.1, 0.15) is 0 Å². The average molecular weight is 183 g/mol. The summed E-state index contributed by atoms with van der Waals surface area (Å²) in [5, 5.41) is 3.62. The Labute approximate surface area is 83.3 Å². The molecule has 1 N–H and O–H groups in total. The van der Waals surface area contributed by atoms with Crippen LogP contribution in [0.1, 0.15) is 58.8 Å². The van der Waals surface area contributed by atoms with Gasteiger partial charge in [0.05, 0.1) is 0 Å². The molecular weight excluding hydrogens is 158 g/mol. The predicted octanol–water partition coefficient (Wildman–Crippen LogP) is 3.34. The Morgan fingerprint density at radius 2 is 1.92 bits per heavy atom. The van der Waals surface area contributed by atoms with Crippen LogP contribution in [0.4, 0.5) is 0 Å². The maximum atomic E-state index is 3.62. The summed E-state index contributed by atoms with van der Waals surface area (Å²) in [5.41, 5.74) is 0. The molecular formula is C12H25N. The third-order valence-corrected chi connectivity index (χ3v) is 3.03. The van der Waals surface area contributed by atoms with Crippen LogP contribution in [0.15, 0.2) is 0 Å². The van der Waals surface area contributed by atoms with E-state index >= 15 is 0 Å². The monoisotopic (exact) mass is 183 g/mol. The summed E-state index contributed by atoms with van der Waals surface area (Å²) in [4.78, 5) is 0. The first kappa shape index (κ1) is 11.0. The Balaban J connectivity index is 2.00. The zero-order chi connectivity index (χ0) is 9.52. The second-order valence-electron chi connectivity index (χ2n) is 4.35. The van der Waals surface area contributed by atoms with E-state index in [9.17, 15) is 0 Å². The van der Waals surface area contributed by atoms with Gasteiger partial charge in [0.15, 0.2) is 0 Å². The Morgan fingerprint density at radius 3 is 2.46 bits per heavy atom. The lowest BCUT2D eigenvalue weighted by molar-refractivity contribution is 0.425. The van der Waals surface area contributed by atoms with Gasteiger partial charge in [-0.25, -0.2) is 0 Å². The van der Waals surface area contributed by atoms with Gasteiger partial charge in [-0.1, -0.05) is 39.5 Å². The molecule has 1 aliphatic carbocycles. The maximum absolute atomic E-state index is 3.62. The summed E-state index contributed by atoms with van der Waals surface area (Å²) in [7, 11) is 0. The second-order valence-corrected chi connectivity index (χ2v) is 4.35. The van der Waals surface area contributed by atoms with Crippen molar-refractivity contribution >= 4 is 0 Å². The van der Waals surface area contributed by atoms with Crippen LogP contribution in [-0.2, 0) is 0 Å². The zero-order valence-corrected chi connectivity index (χ0v) is 9.31. The third kappa shape index (κ3) is 4.66. The fourth-order valence-electron chi connectivity index (χ4n) is 2.06. The normalized spacial score (nSPS) is 18.9. The van der Waals surface area contributed by atoms with Crippen LogP contribution in [0.25, 0.3) is 0 Å². The van der Waals surface area contributed by atoms with E-state index in [1.165, 1.54) is 44.9 Å². The Bertz CT molecular complexity index is 118. The molecule has 1 nitrogen and oxygen atoms in total. The molecule has 1 saturated carbocycles. The molecule has 0 aromatic heterocycles. The molecule has 78 valence electrons. The summed E-state index contributed by atoms with van der Waals surface area (Å²) in [6.07, 6.45) is 10.0. The lowest BCUT2D eigenvalue weighted by Gasteiger charge is -2.16. The maximum Gasteiger partial charge on any atom is 0.00952 e. The summed E-state index contributed by atoms with van der Waals surface area (Å²) >= 11 is 0. The summed E-state index contributed by atoms with van der Waals surface area (Å²) < 4.78 is 0. The molecule has 1 aliphatic rings. The van der Waals surface area contributed by atoms with Crippen molar-refractivity contribution in [2.75, 3.05) is 6.54 Å². The SMILES string of the molecule is CCCCCCC(NCC)C1CC1. The molecule has 1 heteroatoms. The smallest absolute Gasteiger partial charge is 0.00952 e. The van der Waals surface area contributed by atoms with Crippen molar-refractivity contribution < 1.29 is 0 Å². The Morgan fingerprint density at radius 1 is 1.15 bits per heavy atom. The average Bonchev–Trinajstić information content (AvgIpc) is 2.93. The number of nitrogens with one attached hydrogen (secondary N) is 1. The zero-order valence-electron chi connectivity index (χ0n) is 9.31. The van der Waals surface area contributed by atoms with Crippen molar-refractivity contribution in [2.45, 2.75) is 64.8 Å². The van der Waals surface area contributed by atoms with Gasteiger partial charge in [-0.15, -0.1) is 0 Å². The van der Waals surface area contributed by atoms with Gasteiger partial charge in [-0.3, -0.25) is 0 Å². The van der Waals surface area contributed by atoms with Crippen LogP contribution in [0.3, 0.4) is 0 Å². The minimum Gasteiger partial charge on any atom is -0.314 e. The van der Waals surface area contributed by atoms with Gasteiger partial charge >= 0.3 is 0 Å². The highest BCUT2D eigenvalue weighted by atomic mass is 14.9. The Hall–Kier alpha value is -0.0400. The standard InChI is InChI=1S/C12H25N/c1-3-5-6-7-8-12(13-4-2)11-9-10-11/h11-13H,3-10H2,1-2H3. The lowest BCUT2D eigenvalue weighted by Crippen LogP contribution is -2.30. The molecule has 0 bridgehead atoms. The van der Waals surface area contributed by atoms with E-state index in [0.29, 0.717) is 0 Å². The first-order valence-electron chi connectivity index (χ1n) is 6.11. The summed E-state index contributed by atoms with van der Waals surface area (Å²) in [6, 6.07) is 0.849. The predicted molar refractivity (Wildman–Crippen MR) is 58.9 cm³/mol. The van der Waals surface area contributed by atoms with Gasteiger partial charge in [-0.05, 0) is 31.7 Å². The molecule has 0 radical (unpaired) electrons. The molecule has 0 spiro atoms.